The SMILES string of the molecule is CC(N)C(c1ccccc1Cl)N(CCO)C1CCCCC1. The van der Waals surface area contributed by atoms with Crippen molar-refractivity contribution in [3.8, 4) is 0 Å². The van der Waals surface area contributed by atoms with E-state index in [0.29, 0.717) is 12.6 Å². The number of nitrogens with zero attached hydrogens (tertiary/aromatic N) is 1. The Kier molecular flexibility index (Phi) is 6.49. The van der Waals surface area contributed by atoms with Gasteiger partial charge in [-0.3, -0.25) is 4.90 Å². The molecule has 118 valence electrons. The van der Waals surface area contributed by atoms with Gasteiger partial charge in [-0.1, -0.05) is 49.1 Å². The van der Waals surface area contributed by atoms with E-state index in [9.17, 15) is 5.11 Å². The number of nitrogens with two attached hydrogens (primary N) is 1. The highest BCUT2D eigenvalue weighted by atomic mass is 35.5. The number of aliphatic hydroxyl groups excluding tert-OH is 1. The highest BCUT2D eigenvalue weighted by Gasteiger charge is 2.31. The van der Waals surface area contributed by atoms with Gasteiger partial charge < -0.3 is 10.8 Å². The van der Waals surface area contributed by atoms with E-state index in [1.165, 1.54) is 32.1 Å². The fourth-order valence-corrected chi connectivity index (χ4v) is 3.80. The Balaban J connectivity index is 2.30. The van der Waals surface area contributed by atoms with Crippen molar-refractivity contribution in [3.05, 3.63) is 34.9 Å². The molecule has 0 radical (unpaired) electrons. The summed E-state index contributed by atoms with van der Waals surface area (Å²) in [5.41, 5.74) is 7.37. The summed E-state index contributed by atoms with van der Waals surface area (Å²) >= 11 is 6.40. The van der Waals surface area contributed by atoms with E-state index in [1.54, 1.807) is 0 Å². The highest BCUT2D eigenvalue weighted by Crippen LogP contribution is 2.34. The number of halogens is 1. The summed E-state index contributed by atoms with van der Waals surface area (Å²) in [5, 5.41) is 10.3. The molecule has 4 heteroatoms. The fourth-order valence-electron chi connectivity index (χ4n) is 3.56. The Bertz CT molecular complexity index is 433. The molecule has 3 nitrogen and oxygen atoms in total. The normalized spacial score (nSPS) is 19.7. The van der Waals surface area contributed by atoms with E-state index in [4.69, 9.17) is 17.3 Å². The monoisotopic (exact) mass is 310 g/mol. The summed E-state index contributed by atoms with van der Waals surface area (Å²) in [6, 6.07) is 8.47. The zero-order chi connectivity index (χ0) is 15.2. The lowest BCUT2D eigenvalue weighted by atomic mass is 9.90. The Morgan fingerprint density at radius 3 is 2.52 bits per heavy atom. The van der Waals surface area contributed by atoms with Crippen molar-refractivity contribution in [2.45, 2.75) is 57.2 Å². The van der Waals surface area contributed by atoms with Crippen LogP contribution in [-0.4, -0.2) is 35.2 Å². The first-order chi connectivity index (χ1) is 10.1. The van der Waals surface area contributed by atoms with E-state index in [2.05, 4.69) is 11.0 Å². The lowest BCUT2D eigenvalue weighted by Gasteiger charge is -2.42. The maximum absolute atomic E-state index is 9.50. The molecule has 0 saturated heterocycles. The second-order valence-electron chi connectivity index (χ2n) is 6.08. The summed E-state index contributed by atoms with van der Waals surface area (Å²) in [5.74, 6) is 0. The van der Waals surface area contributed by atoms with Crippen LogP contribution in [-0.2, 0) is 0 Å². The molecule has 1 fully saturated rings. The largest absolute Gasteiger partial charge is 0.395 e. The minimum absolute atomic E-state index is 0.0293. The average Bonchev–Trinajstić information content (AvgIpc) is 2.49. The molecular formula is C17H27ClN2O. The van der Waals surface area contributed by atoms with Crippen molar-refractivity contribution in [1.29, 1.82) is 0 Å². The summed E-state index contributed by atoms with van der Waals surface area (Å²) in [6.07, 6.45) is 6.22. The standard InChI is InChI=1S/C17H27ClN2O/c1-13(19)17(15-9-5-6-10-16(15)18)20(11-12-21)14-7-3-2-4-8-14/h5-6,9-10,13-14,17,21H,2-4,7-8,11-12,19H2,1H3. The number of benzene rings is 1. The second kappa shape index (κ2) is 8.14. The Morgan fingerprint density at radius 2 is 1.95 bits per heavy atom. The van der Waals surface area contributed by atoms with E-state index >= 15 is 0 Å². The summed E-state index contributed by atoms with van der Waals surface area (Å²) < 4.78 is 0. The van der Waals surface area contributed by atoms with Gasteiger partial charge in [0.05, 0.1) is 12.6 Å². The zero-order valence-electron chi connectivity index (χ0n) is 12.8. The fraction of sp³-hybridized carbons (Fsp3) is 0.647. The average molecular weight is 311 g/mol. The van der Waals surface area contributed by atoms with Crippen LogP contribution in [0.25, 0.3) is 0 Å². The van der Waals surface area contributed by atoms with Crippen molar-refractivity contribution >= 4 is 11.6 Å². The van der Waals surface area contributed by atoms with Gasteiger partial charge in [-0.2, -0.15) is 0 Å². The zero-order valence-corrected chi connectivity index (χ0v) is 13.6. The molecule has 3 N–H and O–H groups in total. The van der Waals surface area contributed by atoms with Gasteiger partial charge in [0.2, 0.25) is 0 Å². The maximum atomic E-state index is 9.50. The summed E-state index contributed by atoms with van der Waals surface area (Å²) in [6.45, 7) is 2.84. The van der Waals surface area contributed by atoms with Gasteiger partial charge in [-0.15, -0.1) is 0 Å². The van der Waals surface area contributed by atoms with Crippen LogP contribution >= 0.6 is 11.6 Å². The second-order valence-corrected chi connectivity index (χ2v) is 6.49. The quantitative estimate of drug-likeness (QED) is 0.847. The van der Waals surface area contributed by atoms with Gasteiger partial charge >= 0.3 is 0 Å². The summed E-state index contributed by atoms with van der Waals surface area (Å²) in [4.78, 5) is 2.38. The first kappa shape index (κ1) is 16.8. The molecule has 0 aromatic heterocycles. The topological polar surface area (TPSA) is 49.5 Å². The van der Waals surface area contributed by atoms with E-state index in [1.807, 2.05) is 25.1 Å². The van der Waals surface area contributed by atoms with Gasteiger partial charge in [0.1, 0.15) is 0 Å². The maximum Gasteiger partial charge on any atom is 0.0558 e. The molecule has 0 heterocycles. The molecule has 2 rings (SSSR count). The van der Waals surface area contributed by atoms with E-state index < -0.39 is 0 Å². The van der Waals surface area contributed by atoms with Crippen molar-refractivity contribution in [1.82, 2.24) is 4.90 Å². The van der Waals surface area contributed by atoms with Crippen molar-refractivity contribution in [3.63, 3.8) is 0 Å². The number of aliphatic hydroxyl groups is 1. The van der Waals surface area contributed by atoms with Gasteiger partial charge in [0, 0.05) is 23.7 Å². The van der Waals surface area contributed by atoms with Gasteiger partial charge in [0.15, 0.2) is 0 Å². The molecule has 0 bridgehead atoms. The van der Waals surface area contributed by atoms with Crippen molar-refractivity contribution in [2.24, 2.45) is 5.73 Å². The van der Waals surface area contributed by atoms with Crippen LogP contribution in [0.2, 0.25) is 5.02 Å². The first-order valence-electron chi connectivity index (χ1n) is 8.01. The molecule has 1 saturated carbocycles. The van der Waals surface area contributed by atoms with E-state index in [-0.39, 0.29) is 18.7 Å². The third-order valence-electron chi connectivity index (χ3n) is 4.48. The van der Waals surface area contributed by atoms with Crippen molar-refractivity contribution in [2.75, 3.05) is 13.2 Å². The smallest absolute Gasteiger partial charge is 0.0558 e. The molecule has 1 aliphatic carbocycles. The molecule has 1 aliphatic rings. The highest BCUT2D eigenvalue weighted by molar-refractivity contribution is 6.31. The molecule has 0 aliphatic heterocycles. The number of hydrogen-bond donors (Lipinski definition) is 2. The first-order valence-corrected chi connectivity index (χ1v) is 8.39. The summed E-state index contributed by atoms with van der Waals surface area (Å²) in [7, 11) is 0. The molecule has 2 atom stereocenters. The molecule has 1 aromatic carbocycles. The predicted molar refractivity (Wildman–Crippen MR) is 88.5 cm³/mol. The van der Waals surface area contributed by atoms with Crippen LogP contribution in [0.4, 0.5) is 0 Å². The van der Waals surface area contributed by atoms with Crippen LogP contribution < -0.4 is 5.73 Å². The molecule has 0 amide bonds. The minimum Gasteiger partial charge on any atom is -0.395 e. The lowest BCUT2D eigenvalue weighted by Crippen LogP contribution is -2.47. The Morgan fingerprint density at radius 1 is 1.29 bits per heavy atom. The van der Waals surface area contributed by atoms with Crippen LogP contribution in [0.3, 0.4) is 0 Å². The van der Waals surface area contributed by atoms with Crippen LogP contribution in [0.1, 0.15) is 50.6 Å². The molecule has 2 unspecified atom stereocenters. The van der Waals surface area contributed by atoms with Crippen LogP contribution in [0.5, 0.6) is 0 Å². The van der Waals surface area contributed by atoms with Crippen molar-refractivity contribution < 1.29 is 5.11 Å². The number of rotatable bonds is 6. The third kappa shape index (κ3) is 4.19. The molecular weight excluding hydrogens is 284 g/mol. The van der Waals surface area contributed by atoms with Gasteiger partial charge in [0.25, 0.3) is 0 Å². The molecule has 21 heavy (non-hydrogen) atoms. The molecule has 0 spiro atoms. The van der Waals surface area contributed by atoms with Gasteiger partial charge in [-0.05, 0) is 31.4 Å². The van der Waals surface area contributed by atoms with Gasteiger partial charge in [-0.25, -0.2) is 0 Å². The minimum atomic E-state index is -0.0293. The lowest BCUT2D eigenvalue weighted by molar-refractivity contribution is 0.0700. The Labute approximate surface area is 133 Å². The number of hydrogen-bond acceptors (Lipinski definition) is 3. The third-order valence-corrected chi connectivity index (χ3v) is 4.83. The van der Waals surface area contributed by atoms with Crippen LogP contribution in [0, 0.1) is 0 Å². The predicted octanol–water partition coefficient (Wildman–Crippen LogP) is 3.36. The van der Waals surface area contributed by atoms with Crippen LogP contribution in [0.15, 0.2) is 24.3 Å². The molecule has 1 aromatic rings. The van der Waals surface area contributed by atoms with E-state index in [0.717, 1.165) is 10.6 Å². The Hall–Kier alpha value is -0.610.